The quantitative estimate of drug-likeness (QED) is 0.491. The monoisotopic (exact) mass is 265 g/mol. The lowest BCUT2D eigenvalue weighted by molar-refractivity contribution is -0.384. The number of nitrogen functional groups attached to an aromatic ring is 1. The number of hydrogen-bond donors (Lipinski definition) is 2. The molecule has 7 nitrogen and oxygen atoms in total. The minimum Gasteiger partial charge on any atom is -0.348 e. The molecular weight excluding hydrogens is 246 g/mol. The van der Waals surface area contributed by atoms with Gasteiger partial charge in [0.25, 0.3) is 0 Å². The topological polar surface area (TPSA) is 97.3 Å². The third kappa shape index (κ3) is 2.76. The van der Waals surface area contributed by atoms with Crippen LogP contribution in [0.4, 0.5) is 17.3 Å². The highest BCUT2D eigenvalue weighted by atomic mass is 16.6. The molecule has 1 aliphatic heterocycles. The van der Waals surface area contributed by atoms with Crippen LogP contribution in [-0.4, -0.2) is 22.5 Å². The third-order valence-corrected chi connectivity index (χ3v) is 3.57. The Balaban J connectivity index is 2.42. The molecule has 7 heteroatoms. The summed E-state index contributed by atoms with van der Waals surface area (Å²) in [5.41, 5.74) is 2.49. The van der Waals surface area contributed by atoms with E-state index in [1.165, 1.54) is 12.1 Å². The summed E-state index contributed by atoms with van der Waals surface area (Å²) in [5.74, 6) is 6.21. The van der Waals surface area contributed by atoms with Crippen LogP contribution in [0.25, 0.3) is 0 Å². The molecule has 0 spiro atoms. The summed E-state index contributed by atoms with van der Waals surface area (Å²) in [5, 5.41) is 11.1. The zero-order valence-electron chi connectivity index (χ0n) is 11.0. The molecule has 2 heterocycles. The molecule has 0 saturated carbocycles. The van der Waals surface area contributed by atoms with E-state index in [0.717, 1.165) is 32.2 Å². The summed E-state index contributed by atoms with van der Waals surface area (Å²) in [6.45, 7) is 2.90. The van der Waals surface area contributed by atoms with Crippen molar-refractivity contribution in [2.75, 3.05) is 16.9 Å². The van der Waals surface area contributed by atoms with E-state index in [1.54, 1.807) is 0 Å². The number of pyridine rings is 1. The summed E-state index contributed by atoms with van der Waals surface area (Å²) < 4.78 is 0. The average molecular weight is 265 g/mol. The number of hydrogen-bond acceptors (Lipinski definition) is 6. The fraction of sp³-hybridized carbons (Fsp3) is 0.583. The SMILES string of the molecule is CCC1CCCCN1c1nc(NN)ccc1[N+](=O)[O-]. The first-order chi connectivity index (χ1) is 9.17. The molecular formula is C12H19N5O2. The fourth-order valence-corrected chi connectivity index (χ4v) is 2.58. The summed E-state index contributed by atoms with van der Waals surface area (Å²) in [6.07, 6.45) is 4.21. The maximum absolute atomic E-state index is 11.1. The van der Waals surface area contributed by atoms with E-state index in [4.69, 9.17) is 5.84 Å². The van der Waals surface area contributed by atoms with E-state index < -0.39 is 0 Å². The first kappa shape index (κ1) is 13.5. The maximum atomic E-state index is 11.1. The molecule has 19 heavy (non-hydrogen) atoms. The number of nitrogens with zero attached hydrogens (tertiary/aromatic N) is 3. The zero-order chi connectivity index (χ0) is 13.8. The van der Waals surface area contributed by atoms with Crippen molar-refractivity contribution >= 4 is 17.3 Å². The predicted molar refractivity (Wildman–Crippen MR) is 74.0 cm³/mol. The number of nitrogens with one attached hydrogen (secondary N) is 1. The Hall–Kier alpha value is -1.89. The van der Waals surface area contributed by atoms with Crippen LogP contribution in [0, 0.1) is 10.1 Å². The molecule has 2 rings (SSSR count). The van der Waals surface area contributed by atoms with Crippen molar-refractivity contribution in [3.63, 3.8) is 0 Å². The van der Waals surface area contributed by atoms with Crippen molar-refractivity contribution in [1.82, 2.24) is 4.98 Å². The summed E-state index contributed by atoms with van der Waals surface area (Å²) in [4.78, 5) is 17.1. The van der Waals surface area contributed by atoms with Gasteiger partial charge in [-0.15, -0.1) is 0 Å². The van der Waals surface area contributed by atoms with E-state index in [1.807, 2.05) is 4.90 Å². The van der Waals surface area contributed by atoms with Crippen molar-refractivity contribution in [2.45, 2.75) is 38.6 Å². The van der Waals surface area contributed by atoms with Gasteiger partial charge in [0.05, 0.1) is 4.92 Å². The Morgan fingerprint density at radius 3 is 3.00 bits per heavy atom. The van der Waals surface area contributed by atoms with Crippen molar-refractivity contribution in [3.05, 3.63) is 22.2 Å². The van der Waals surface area contributed by atoms with Crippen LogP contribution in [-0.2, 0) is 0 Å². The first-order valence-corrected chi connectivity index (χ1v) is 6.56. The second kappa shape index (κ2) is 5.83. The van der Waals surface area contributed by atoms with Crippen LogP contribution in [0.3, 0.4) is 0 Å². The number of aromatic nitrogens is 1. The number of nitrogens with two attached hydrogens (primary N) is 1. The summed E-state index contributed by atoms with van der Waals surface area (Å²) in [6, 6.07) is 3.29. The first-order valence-electron chi connectivity index (χ1n) is 6.56. The fourth-order valence-electron chi connectivity index (χ4n) is 2.58. The minimum absolute atomic E-state index is 0.0411. The van der Waals surface area contributed by atoms with Gasteiger partial charge >= 0.3 is 5.69 Å². The van der Waals surface area contributed by atoms with Crippen LogP contribution in [0.2, 0.25) is 0 Å². The molecule has 1 unspecified atom stereocenters. The van der Waals surface area contributed by atoms with Crippen LogP contribution in [0.15, 0.2) is 12.1 Å². The molecule has 1 fully saturated rings. The van der Waals surface area contributed by atoms with Gasteiger partial charge in [0, 0.05) is 18.7 Å². The Kier molecular flexibility index (Phi) is 4.16. The molecule has 1 aromatic heterocycles. The van der Waals surface area contributed by atoms with Gasteiger partial charge in [-0.3, -0.25) is 10.1 Å². The summed E-state index contributed by atoms with van der Waals surface area (Å²) in [7, 11) is 0. The normalized spacial score (nSPS) is 19.3. The molecule has 0 radical (unpaired) electrons. The number of piperidine rings is 1. The van der Waals surface area contributed by atoms with Gasteiger partial charge in [-0.2, -0.15) is 0 Å². The molecule has 0 bridgehead atoms. The van der Waals surface area contributed by atoms with E-state index >= 15 is 0 Å². The van der Waals surface area contributed by atoms with Crippen molar-refractivity contribution in [2.24, 2.45) is 5.84 Å². The molecule has 104 valence electrons. The van der Waals surface area contributed by atoms with Crippen molar-refractivity contribution < 1.29 is 4.92 Å². The predicted octanol–water partition coefficient (Wildman–Crippen LogP) is 2.04. The van der Waals surface area contributed by atoms with Crippen LogP contribution in [0.5, 0.6) is 0 Å². The van der Waals surface area contributed by atoms with Crippen molar-refractivity contribution in [1.29, 1.82) is 0 Å². The van der Waals surface area contributed by atoms with E-state index in [9.17, 15) is 10.1 Å². The molecule has 0 aliphatic carbocycles. The highest BCUT2D eigenvalue weighted by molar-refractivity contribution is 5.62. The average Bonchev–Trinajstić information content (AvgIpc) is 2.46. The minimum atomic E-state index is -0.385. The highest BCUT2D eigenvalue weighted by Gasteiger charge is 2.28. The number of rotatable bonds is 4. The molecule has 3 N–H and O–H groups in total. The van der Waals surface area contributed by atoms with Gasteiger partial charge in [-0.1, -0.05) is 6.92 Å². The molecule has 1 atom stereocenters. The van der Waals surface area contributed by atoms with E-state index in [-0.39, 0.29) is 10.6 Å². The highest BCUT2D eigenvalue weighted by Crippen LogP contribution is 2.33. The second-order valence-electron chi connectivity index (χ2n) is 4.69. The van der Waals surface area contributed by atoms with Crippen LogP contribution >= 0.6 is 0 Å². The lowest BCUT2D eigenvalue weighted by atomic mass is 10.00. The zero-order valence-corrected chi connectivity index (χ0v) is 11.0. The lowest BCUT2D eigenvalue weighted by Crippen LogP contribution is -2.40. The Morgan fingerprint density at radius 1 is 1.58 bits per heavy atom. The third-order valence-electron chi connectivity index (χ3n) is 3.57. The van der Waals surface area contributed by atoms with Gasteiger partial charge in [-0.25, -0.2) is 10.8 Å². The number of hydrazine groups is 1. The standard InChI is InChI=1S/C12H19N5O2/c1-2-9-5-3-4-8-16(9)12-10(17(18)19)6-7-11(14-12)15-13/h6-7,9H,2-5,8,13H2,1H3,(H,14,15). The number of nitro groups is 1. The van der Waals surface area contributed by atoms with Crippen molar-refractivity contribution in [3.8, 4) is 0 Å². The molecule has 1 saturated heterocycles. The largest absolute Gasteiger partial charge is 0.348 e. The van der Waals surface area contributed by atoms with E-state index in [2.05, 4.69) is 17.3 Å². The van der Waals surface area contributed by atoms with Gasteiger partial charge in [0.1, 0.15) is 5.82 Å². The van der Waals surface area contributed by atoms with Gasteiger partial charge in [0.2, 0.25) is 5.82 Å². The second-order valence-corrected chi connectivity index (χ2v) is 4.69. The number of anilines is 2. The lowest BCUT2D eigenvalue weighted by Gasteiger charge is -2.35. The smallest absolute Gasteiger partial charge is 0.311 e. The Labute approximate surface area is 111 Å². The van der Waals surface area contributed by atoms with E-state index in [0.29, 0.717) is 17.7 Å². The molecule has 0 aromatic carbocycles. The summed E-state index contributed by atoms with van der Waals surface area (Å²) >= 11 is 0. The molecule has 1 aromatic rings. The van der Waals surface area contributed by atoms with Crippen LogP contribution < -0.4 is 16.2 Å². The van der Waals surface area contributed by atoms with Gasteiger partial charge in [0.15, 0.2) is 0 Å². The maximum Gasteiger partial charge on any atom is 0.311 e. The van der Waals surface area contributed by atoms with Gasteiger partial charge < -0.3 is 10.3 Å². The Bertz CT molecular complexity index is 465. The Morgan fingerprint density at radius 2 is 2.37 bits per heavy atom. The van der Waals surface area contributed by atoms with Crippen LogP contribution in [0.1, 0.15) is 32.6 Å². The molecule has 1 aliphatic rings. The van der Waals surface area contributed by atoms with Gasteiger partial charge in [-0.05, 0) is 31.7 Å². The molecule has 0 amide bonds.